The summed E-state index contributed by atoms with van der Waals surface area (Å²) in [5, 5.41) is 3.52. The first-order valence-corrected chi connectivity index (χ1v) is 9.74. The molecule has 0 N–H and O–H groups in total. The lowest BCUT2D eigenvalue weighted by Gasteiger charge is -2.04. The minimum absolute atomic E-state index is 0.245. The predicted molar refractivity (Wildman–Crippen MR) is 113 cm³/mol. The van der Waals surface area contributed by atoms with Crippen molar-refractivity contribution in [2.24, 2.45) is 0 Å². The topological polar surface area (TPSA) is 38.9 Å². The lowest BCUT2D eigenvalue weighted by Crippen LogP contribution is -1.89. The second-order valence-corrected chi connectivity index (χ2v) is 7.79. The van der Waals surface area contributed by atoms with E-state index in [2.05, 4.69) is 34.2 Å². The SMILES string of the molecule is Clc1nc(-c2cccc3c2oc2ccccc23)c2sc3ccccc3c2n1. The van der Waals surface area contributed by atoms with Crippen LogP contribution in [0.2, 0.25) is 5.28 Å². The van der Waals surface area contributed by atoms with Crippen molar-refractivity contribution < 1.29 is 4.42 Å². The number of aromatic nitrogens is 2. The van der Waals surface area contributed by atoms with Crippen LogP contribution in [-0.2, 0) is 0 Å². The van der Waals surface area contributed by atoms with Gasteiger partial charge in [0.2, 0.25) is 5.28 Å². The Morgan fingerprint density at radius 3 is 2.48 bits per heavy atom. The fourth-order valence-electron chi connectivity index (χ4n) is 3.68. The van der Waals surface area contributed by atoms with Gasteiger partial charge in [0.25, 0.3) is 0 Å². The first-order chi connectivity index (χ1) is 13.3. The number of furan rings is 1. The van der Waals surface area contributed by atoms with Crippen molar-refractivity contribution in [3.05, 3.63) is 72.0 Å². The van der Waals surface area contributed by atoms with E-state index in [0.717, 1.165) is 48.8 Å². The summed E-state index contributed by atoms with van der Waals surface area (Å²) in [6, 6.07) is 22.4. The third kappa shape index (κ3) is 2.14. The highest BCUT2D eigenvalue weighted by Crippen LogP contribution is 2.42. The van der Waals surface area contributed by atoms with Crippen LogP contribution in [0.25, 0.3) is 53.5 Å². The molecule has 0 bridgehead atoms. The molecule has 0 saturated heterocycles. The van der Waals surface area contributed by atoms with Crippen molar-refractivity contribution in [1.29, 1.82) is 0 Å². The Hall–Kier alpha value is -2.95. The quantitative estimate of drug-likeness (QED) is 0.284. The average Bonchev–Trinajstić information content (AvgIpc) is 3.26. The van der Waals surface area contributed by atoms with Crippen molar-refractivity contribution in [2.75, 3.05) is 0 Å². The summed E-state index contributed by atoms with van der Waals surface area (Å²) in [5.74, 6) is 0. The van der Waals surface area contributed by atoms with Crippen molar-refractivity contribution in [1.82, 2.24) is 9.97 Å². The Morgan fingerprint density at radius 1 is 0.778 bits per heavy atom. The predicted octanol–water partition coefficient (Wildman–Crippen LogP) is 7.06. The van der Waals surface area contributed by atoms with Crippen LogP contribution in [0.1, 0.15) is 0 Å². The maximum atomic E-state index is 6.31. The Labute approximate surface area is 162 Å². The molecule has 6 rings (SSSR count). The maximum Gasteiger partial charge on any atom is 0.223 e. The molecule has 0 amide bonds. The monoisotopic (exact) mass is 386 g/mol. The average molecular weight is 387 g/mol. The summed E-state index contributed by atoms with van der Waals surface area (Å²) in [6.45, 7) is 0. The number of hydrogen-bond donors (Lipinski definition) is 0. The number of halogens is 1. The normalized spacial score (nSPS) is 11.9. The Kier molecular flexibility index (Phi) is 3.10. The first-order valence-electron chi connectivity index (χ1n) is 8.55. The fourth-order valence-corrected chi connectivity index (χ4v) is 4.99. The Morgan fingerprint density at radius 2 is 1.56 bits per heavy atom. The molecule has 0 unspecified atom stereocenters. The van der Waals surface area contributed by atoms with Crippen LogP contribution in [0, 0.1) is 0 Å². The van der Waals surface area contributed by atoms with Crippen molar-refractivity contribution in [3.63, 3.8) is 0 Å². The molecule has 3 heterocycles. The van der Waals surface area contributed by atoms with Gasteiger partial charge in [-0.3, -0.25) is 0 Å². The van der Waals surface area contributed by atoms with Crippen LogP contribution in [0.5, 0.6) is 0 Å². The highest BCUT2D eigenvalue weighted by molar-refractivity contribution is 7.26. The molecule has 128 valence electrons. The van der Waals surface area contributed by atoms with Crippen LogP contribution < -0.4 is 0 Å². The highest BCUT2D eigenvalue weighted by Gasteiger charge is 2.19. The lowest BCUT2D eigenvalue weighted by atomic mass is 10.1. The van der Waals surface area contributed by atoms with E-state index < -0.39 is 0 Å². The summed E-state index contributed by atoms with van der Waals surface area (Å²) in [7, 11) is 0. The molecule has 3 aromatic heterocycles. The van der Waals surface area contributed by atoms with Crippen LogP contribution in [0.3, 0.4) is 0 Å². The van der Waals surface area contributed by atoms with E-state index in [9.17, 15) is 0 Å². The van der Waals surface area contributed by atoms with E-state index in [1.807, 2.05) is 42.5 Å². The molecule has 0 saturated carbocycles. The van der Waals surface area contributed by atoms with E-state index in [1.54, 1.807) is 11.3 Å². The summed E-state index contributed by atoms with van der Waals surface area (Å²) < 4.78 is 8.39. The first kappa shape index (κ1) is 15.1. The van der Waals surface area contributed by atoms with Gasteiger partial charge < -0.3 is 4.42 Å². The zero-order chi connectivity index (χ0) is 18.0. The summed E-state index contributed by atoms with van der Waals surface area (Å²) in [6.07, 6.45) is 0. The Bertz CT molecular complexity index is 1500. The molecule has 6 aromatic rings. The molecular formula is C22H11ClN2OS. The van der Waals surface area contributed by atoms with Crippen LogP contribution in [0.4, 0.5) is 0 Å². The molecule has 27 heavy (non-hydrogen) atoms. The van der Waals surface area contributed by atoms with Crippen molar-refractivity contribution in [3.8, 4) is 11.3 Å². The third-order valence-electron chi connectivity index (χ3n) is 4.85. The highest BCUT2D eigenvalue weighted by atomic mass is 35.5. The molecule has 5 heteroatoms. The molecule has 0 spiro atoms. The number of nitrogens with zero attached hydrogens (tertiary/aromatic N) is 2. The number of para-hydroxylation sites is 2. The molecular weight excluding hydrogens is 376 g/mol. The summed E-state index contributed by atoms with van der Waals surface area (Å²) in [4.78, 5) is 9.10. The fraction of sp³-hybridized carbons (Fsp3) is 0. The second-order valence-electron chi connectivity index (χ2n) is 6.40. The maximum absolute atomic E-state index is 6.31. The van der Waals surface area contributed by atoms with Crippen molar-refractivity contribution >= 4 is 65.2 Å². The van der Waals surface area contributed by atoms with Crippen LogP contribution in [-0.4, -0.2) is 9.97 Å². The molecule has 3 aromatic carbocycles. The molecule has 3 nitrogen and oxygen atoms in total. The molecule has 0 aliphatic carbocycles. The zero-order valence-corrected chi connectivity index (χ0v) is 15.5. The van der Waals surface area contributed by atoms with E-state index in [-0.39, 0.29) is 5.28 Å². The van der Waals surface area contributed by atoms with E-state index in [0.29, 0.717) is 0 Å². The van der Waals surface area contributed by atoms with Gasteiger partial charge in [0.1, 0.15) is 11.2 Å². The molecule has 0 radical (unpaired) electrons. The van der Waals surface area contributed by atoms with Gasteiger partial charge in [0.15, 0.2) is 0 Å². The third-order valence-corrected chi connectivity index (χ3v) is 6.19. The smallest absolute Gasteiger partial charge is 0.223 e. The summed E-state index contributed by atoms with van der Waals surface area (Å²) >= 11 is 7.99. The number of fused-ring (bicyclic) bond motifs is 6. The van der Waals surface area contributed by atoms with Crippen molar-refractivity contribution in [2.45, 2.75) is 0 Å². The minimum Gasteiger partial charge on any atom is -0.455 e. The standard InChI is InChI=1S/C22H11ClN2OS/c23-22-24-18-14-7-2-4-11-17(14)27-21(18)19(25-22)15-9-5-8-13-12-6-1-3-10-16(12)26-20(13)15/h1-11H. The summed E-state index contributed by atoms with van der Waals surface area (Å²) in [5.41, 5.74) is 4.33. The number of thiophene rings is 1. The van der Waals surface area contributed by atoms with Gasteiger partial charge in [-0.2, -0.15) is 0 Å². The number of benzene rings is 3. The van der Waals surface area contributed by atoms with E-state index in [4.69, 9.17) is 16.0 Å². The minimum atomic E-state index is 0.245. The van der Waals surface area contributed by atoms with Gasteiger partial charge in [-0.05, 0) is 29.8 Å². The van der Waals surface area contributed by atoms with Gasteiger partial charge in [0.05, 0.1) is 15.9 Å². The second kappa shape index (κ2) is 5.52. The molecule has 0 aliphatic rings. The van der Waals surface area contributed by atoms with Gasteiger partial charge >= 0.3 is 0 Å². The van der Waals surface area contributed by atoms with Crippen LogP contribution in [0.15, 0.2) is 71.1 Å². The zero-order valence-electron chi connectivity index (χ0n) is 13.9. The Balaban J connectivity index is 1.78. The van der Waals surface area contributed by atoms with Crippen LogP contribution >= 0.6 is 22.9 Å². The van der Waals surface area contributed by atoms with Gasteiger partial charge in [-0.1, -0.05) is 48.5 Å². The molecule has 0 aliphatic heterocycles. The largest absolute Gasteiger partial charge is 0.455 e. The van der Waals surface area contributed by atoms with E-state index in [1.165, 1.54) is 4.70 Å². The molecule has 0 fully saturated rings. The van der Waals surface area contributed by atoms with Gasteiger partial charge in [-0.25, -0.2) is 9.97 Å². The lowest BCUT2D eigenvalue weighted by molar-refractivity contribution is 0.670. The number of rotatable bonds is 1. The van der Waals surface area contributed by atoms with Gasteiger partial charge in [0, 0.05) is 26.4 Å². The van der Waals surface area contributed by atoms with E-state index >= 15 is 0 Å². The van der Waals surface area contributed by atoms with Gasteiger partial charge in [-0.15, -0.1) is 11.3 Å². The molecule has 0 atom stereocenters. The number of hydrogen-bond acceptors (Lipinski definition) is 4.